The maximum Gasteiger partial charge on any atom is 0.251 e. The van der Waals surface area contributed by atoms with E-state index in [4.69, 9.17) is 0 Å². The highest BCUT2D eigenvalue weighted by atomic mass is 16.2. The Bertz CT molecular complexity index is 449. The molecule has 4 heteroatoms. The first kappa shape index (κ1) is 14.0. The smallest absolute Gasteiger partial charge is 0.251 e. The molecule has 0 atom stereocenters. The fraction of sp³-hybridized carbons (Fsp3) is 0.286. The van der Waals surface area contributed by atoms with E-state index in [0.29, 0.717) is 24.2 Å². The van der Waals surface area contributed by atoms with Gasteiger partial charge in [0, 0.05) is 24.2 Å². The normalized spacial score (nSPS) is 9.67. The number of carbonyl (C=O) groups excluding carboxylic acids is 2. The molecule has 0 aliphatic heterocycles. The minimum Gasteiger partial charge on any atom is -0.352 e. The number of amides is 2. The van der Waals surface area contributed by atoms with E-state index in [1.54, 1.807) is 19.1 Å². The summed E-state index contributed by atoms with van der Waals surface area (Å²) in [6, 6.07) is 7.13. The van der Waals surface area contributed by atoms with Gasteiger partial charge in [0.1, 0.15) is 0 Å². The zero-order valence-electron chi connectivity index (χ0n) is 10.7. The number of hydrogen-bond donors (Lipinski definition) is 2. The molecule has 1 aromatic rings. The Morgan fingerprint density at radius 1 is 1.17 bits per heavy atom. The van der Waals surface area contributed by atoms with Crippen LogP contribution in [0.2, 0.25) is 0 Å². The van der Waals surface area contributed by atoms with E-state index in [-0.39, 0.29) is 11.8 Å². The van der Waals surface area contributed by atoms with Crippen LogP contribution in [0.4, 0.5) is 0 Å². The molecular formula is C14H18N2O2. The molecule has 0 bridgehead atoms. The van der Waals surface area contributed by atoms with Gasteiger partial charge in [0.2, 0.25) is 5.91 Å². The summed E-state index contributed by atoms with van der Waals surface area (Å²) in [4.78, 5) is 22.8. The highest BCUT2D eigenvalue weighted by Gasteiger charge is 2.04. The van der Waals surface area contributed by atoms with Crippen LogP contribution in [0.25, 0.3) is 0 Å². The van der Waals surface area contributed by atoms with Gasteiger partial charge in [-0.15, -0.1) is 0 Å². The summed E-state index contributed by atoms with van der Waals surface area (Å²) in [6.45, 7) is 8.13. The Morgan fingerprint density at radius 3 is 2.28 bits per heavy atom. The summed E-state index contributed by atoms with van der Waals surface area (Å²) in [5.41, 5.74) is 2.04. The summed E-state index contributed by atoms with van der Waals surface area (Å²) in [5.74, 6) is -0.252. The van der Waals surface area contributed by atoms with Crippen molar-refractivity contribution in [1.29, 1.82) is 0 Å². The third-order valence-corrected chi connectivity index (χ3v) is 2.39. The average molecular weight is 246 g/mol. The van der Waals surface area contributed by atoms with Gasteiger partial charge in [0.15, 0.2) is 0 Å². The van der Waals surface area contributed by atoms with Crippen molar-refractivity contribution in [2.45, 2.75) is 20.4 Å². The van der Waals surface area contributed by atoms with E-state index < -0.39 is 0 Å². The first-order valence-electron chi connectivity index (χ1n) is 5.85. The lowest BCUT2D eigenvalue weighted by Crippen LogP contribution is -2.24. The second kappa shape index (κ2) is 6.59. The Labute approximate surface area is 107 Å². The Hall–Kier alpha value is -2.10. The quantitative estimate of drug-likeness (QED) is 0.776. The number of carbonyl (C=O) groups is 2. The molecule has 0 heterocycles. The second-order valence-corrected chi connectivity index (χ2v) is 4.02. The lowest BCUT2D eigenvalue weighted by molar-refractivity contribution is -0.117. The molecule has 1 aromatic carbocycles. The molecule has 0 saturated carbocycles. The summed E-state index contributed by atoms with van der Waals surface area (Å²) in [6.07, 6.45) is 0. The Morgan fingerprint density at radius 2 is 1.78 bits per heavy atom. The fourth-order valence-corrected chi connectivity index (χ4v) is 1.37. The molecule has 0 fully saturated rings. The van der Waals surface area contributed by atoms with Gasteiger partial charge < -0.3 is 10.6 Å². The molecule has 0 aliphatic rings. The van der Waals surface area contributed by atoms with Gasteiger partial charge >= 0.3 is 0 Å². The molecule has 0 radical (unpaired) electrons. The maximum atomic E-state index is 11.5. The lowest BCUT2D eigenvalue weighted by Gasteiger charge is -2.06. The maximum absolute atomic E-state index is 11.5. The largest absolute Gasteiger partial charge is 0.352 e. The summed E-state index contributed by atoms with van der Waals surface area (Å²) in [7, 11) is 0. The standard InChI is InChI=1S/C14H18N2O2/c1-4-15-14(18)12-7-5-11(6-8-12)9-16-13(17)10(2)3/h5-8H,2,4,9H2,1,3H3,(H,15,18)(H,16,17). The van der Waals surface area contributed by atoms with Gasteiger partial charge in [-0.2, -0.15) is 0 Å². The lowest BCUT2D eigenvalue weighted by atomic mass is 10.1. The van der Waals surface area contributed by atoms with Gasteiger partial charge in [-0.05, 0) is 31.5 Å². The van der Waals surface area contributed by atoms with Crippen LogP contribution in [0.1, 0.15) is 29.8 Å². The zero-order valence-corrected chi connectivity index (χ0v) is 10.7. The minimum atomic E-state index is -0.164. The van der Waals surface area contributed by atoms with Gasteiger partial charge in [-0.25, -0.2) is 0 Å². The SMILES string of the molecule is C=C(C)C(=O)NCc1ccc(C(=O)NCC)cc1. The molecule has 4 nitrogen and oxygen atoms in total. The van der Waals surface area contributed by atoms with Gasteiger partial charge in [0.05, 0.1) is 0 Å². The molecule has 0 saturated heterocycles. The highest BCUT2D eigenvalue weighted by molar-refractivity contribution is 5.94. The van der Waals surface area contributed by atoms with Gasteiger partial charge in [-0.3, -0.25) is 9.59 Å². The minimum absolute atomic E-state index is 0.0879. The van der Waals surface area contributed by atoms with Crippen molar-refractivity contribution in [2.75, 3.05) is 6.54 Å². The second-order valence-electron chi connectivity index (χ2n) is 4.02. The Kier molecular flexibility index (Phi) is 5.11. The summed E-state index contributed by atoms with van der Waals surface area (Å²) in [5, 5.41) is 5.46. The molecule has 96 valence electrons. The summed E-state index contributed by atoms with van der Waals surface area (Å²) < 4.78 is 0. The monoisotopic (exact) mass is 246 g/mol. The third-order valence-electron chi connectivity index (χ3n) is 2.39. The van der Waals surface area contributed by atoms with Crippen molar-refractivity contribution in [3.05, 3.63) is 47.5 Å². The molecule has 0 spiro atoms. The Balaban J connectivity index is 2.58. The van der Waals surface area contributed by atoms with Crippen molar-refractivity contribution < 1.29 is 9.59 Å². The number of nitrogens with one attached hydrogen (secondary N) is 2. The molecule has 18 heavy (non-hydrogen) atoms. The van der Waals surface area contributed by atoms with Crippen molar-refractivity contribution in [3.63, 3.8) is 0 Å². The molecular weight excluding hydrogens is 228 g/mol. The first-order valence-corrected chi connectivity index (χ1v) is 5.85. The van der Waals surface area contributed by atoms with Crippen LogP contribution < -0.4 is 10.6 Å². The molecule has 2 N–H and O–H groups in total. The highest BCUT2D eigenvalue weighted by Crippen LogP contribution is 2.04. The predicted octanol–water partition coefficient (Wildman–Crippen LogP) is 1.63. The van der Waals surface area contributed by atoms with Crippen LogP contribution in [0.5, 0.6) is 0 Å². The molecule has 0 unspecified atom stereocenters. The van der Waals surface area contributed by atoms with Crippen LogP contribution in [0.15, 0.2) is 36.4 Å². The number of hydrogen-bond acceptors (Lipinski definition) is 2. The van der Waals surface area contributed by atoms with Crippen molar-refractivity contribution in [1.82, 2.24) is 10.6 Å². The van der Waals surface area contributed by atoms with Crippen LogP contribution >= 0.6 is 0 Å². The topological polar surface area (TPSA) is 58.2 Å². The molecule has 1 rings (SSSR count). The molecule has 0 aliphatic carbocycles. The first-order chi connectivity index (χ1) is 8.54. The van der Waals surface area contributed by atoms with E-state index in [1.807, 2.05) is 19.1 Å². The average Bonchev–Trinajstić information content (AvgIpc) is 2.36. The van der Waals surface area contributed by atoms with Crippen LogP contribution in [-0.4, -0.2) is 18.4 Å². The number of rotatable bonds is 5. The van der Waals surface area contributed by atoms with E-state index in [1.165, 1.54) is 0 Å². The van der Waals surface area contributed by atoms with Crippen molar-refractivity contribution >= 4 is 11.8 Å². The molecule has 0 aromatic heterocycles. The van der Waals surface area contributed by atoms with Crippen molar-refractivity contribution in [3.8, 4) is 0 Å². The van der Waals surface area contributed by atoms with Gasteiger partial charge in [-0.1, -0.05) is 18.7 Å². The van der Waals surface area contributed by atoms with Crippen molar-refractivity contribution in [2.24, 2.45) is 0 Å². The number of benzene rings is 1. The van der Waals surface area contributed by atoms with E-state index in [9.17, 15) is 9.59 Å². The predicted molar refractivity (Wildman–Crippen MR) is 71.1 cm³/mol. The third kappa shape index (κ3) is 4.05. The van der Waals surface area contributed by atoms with Crippen LogP contribution in [0, 0.1) is 0 Å². The van der Waals surface area contributed by atoms with Crippen LogP contribution in [-0.2, 0) is 11.3 Å². The molecule has 2 amide bonds. The van der Waals surface area contributed by atoms with E-state index in [0.717, 1.165) is 5.56 Å². The van der Waals surface area contributed by atoms with E-state index >= 15 is 0 Å². The zero-order chi connectivity index (χ0) is 13.5. The van der Waals surface area contributed by atoms with Crippen LogP contribution in [0.3, 0.4) is 0 Å². The van der Waals surface area contributed by atoms with E-state index in [2.05, 4.69) is 17.2 Å². The van der Waals surface area contributed by atoms with Gasteiger partial charge in [0.25, 0.3) is 5.91 Å². The fourth-order valence-electron chi connectivity index (χ4n) is 1.37. The summed E-state index contributed by atoms with van der Waals surface area (Å²) >= 11 is 0.